The third-order valence-corrected chi connectivity index (χ3v) is 3.23. The first kappa shape index (κ1) is 11.7. The van der Waals surface area contributed by atoms with E-state index < -0.39 is 0 Å². The fraction of sp³-hybridized carbons (Fsp3) is 0.667. The van der Waals surface area contributed by atoms with Gasteiger partial charge in [0.15, 0.2) is 0 Å². The Morgan fingerprint density at radius 2 is 2.11 bits per heavy atom. The minimum absolute atomic E-state index is 0.398. The third-order valence-electron chi connectivity index (χ3n) is 3.23. The van der Waals surface area contributed by atoms with Gasteiger partial charge in [0.1, 0.15) is 5.82 Å². The van der Waals surface area contributed by atoms with Crippen molar-refractivity contribution in [1.29, 1.82) is 0 Å². The van der Waals surface area contributed by atoms with Crippen LogP contribution in [-0.2, 0) is 4.74 Å². The Morgan fingerprint density at radius 1 is 1.33 bits per heavy atom. The van der Waals surface area contributed by atoms with Gasteiger partial charge in [0.2, 0.25) is 5.95 Å². The van der Waals surface area contributed by atoms with Gasteiger partial charge in [-0.25, -0.2) is 4.98 Å². The Labute approximate surface area is 107 Å². The monoisotopic (exact) mass is 249 g/mol. The molecule has 2 N–H and O–H groups in total. The lowest BCUT2D eigenvalue weighted by Crippen LogP contribution is -2.44. The average molecular weight is 249 g/mol. The van der Waals surface area contributed by atoms with Crippen molar-refractivity contribution in [2.75, 3.05) is 49.6 Å². The molecule has 0 aromatic carbocycles. The molecule has 98 valence electrons. The number of nitrogens with zero attached hydrogens (tertiary/aromatic N) is 3. The van der Waals surface area contributed by atoms with Crippen LogP contribution in [0.2, 0.25) is 0 Å². The summed E-state index contributed by atoms with van der Waals surface area (Å²) in [4.78, 5) is 11.4. The second-order valence-corrected chi connectivity index (χ2v) is 4.81. The number of piperazine rings is 1. The van der Waals surface area contributed by atoms with Crippen LogP contribution >= 0.6 is 0 Å². The van der Waals surface area contributed by atoms with Crippen LogP contribution in [0.1, 0.15) is 5.69 Å². The molecule has 0 saturated carbocycles. The molecule has 2 aliphatic rings. The first-order valence-corrected chi connectivity index (χ1v) is 6.47. The Bertz CT molecular complexity index is 415. The Kier molecular flexibility index (Phi) is 3.29. The van der Waals surface area contributed by atoms with Gasteiger partial charge in [-0.1, -0.05) is 0 Å². The maximum absolute atomic E-state index is 5.16. The summed E-state index contributed by atoms with van der Waals surface area (Å²) in [5, 5.41) is 6.72. The summed E-state index contributed by atoms with van der Waals surface area (Å²) in [6.45, 7) is 7.48. The molecule has 0 atom stereocenters. The fourth-order valence-corrected chi connectivity index (χ4v) is 2.16. The molecular formula is C12H19N5O. The van der Waals surface area contributed by atoms with Gasteiger partial charge < -0.3 is 20.3 Å². The summed E-state index contributed by atoms with van der Waals surface area (Å²) in [7, 11) is 0. The molecule has 0 unspecified atom stereocenters. The SMILES string of the molecule is Cc1cc(NC2COC2)nc(N2CCNCC2)n1. The highest BCUT2D eigenvalue weighted by molar-refractivity contribution is 5.44. The van der Waals surface area contributed by atoms with E-state index in [1.807, 2.05) is 13.0 Å². The van der Waals surface area contributed by atoms with Crippen molar-refractivity contribution in [3.8, 4) is 0 Å². The predicted molar refractivity (Wildman–Crippen MR) is 70.1 cm³/mol. The molecule has 3 heterocycles. The van der Waals surface area contributed by atoms with E-state index >= 15 is 0 Å². The second kappa shape index (κ2) is 5.07. The summed E-state index contributed by atoms with van der Waals surface area (Å²) in [6, 6.07) is 2.39. The largest absolute Gasteiger partial charge is 0.377 e. The second-order valence-electron chi connectivity index (χ2n) is 4.81. The molecule has 0 aliphatic carbocycles. The van der Waals surface area contributed by atoms with Crippen molar-refractivity contribution in [3.63, 3.8) is 0 Å². The summed E-state index contributed by atoms with van der Waals surface area (Å²) < 4.78 is 5.16. The van der Waals surface area contributed by atoms with Crippen molar-refractivity contribution < 1.29 is 4.74 Å². The zero-order valence-electron chi connectivity index (χ0n) is 10.6. The molecule has 3 rings (SSSR count). The van der Waals surface area contributed by atoms with Crippen molar-refractivity contribution in [2.24, 2.45) is 0 Å². The van der Waals surface area contributed by atoms with Crippen molar-refractivity contribution in [3.05, 3.63) is 11.8 Å². The molecule has 2 aliphatic heterocycles. The Morgan fingerprint density at radius 3 is 2.78 bits per heavy atom. The lowest BCUT2D eigenvalue weighted by atomic mass is 10.2. The normalized spacial score (nSPS) is 20.6. The predicted octanol–water partition coefficient (Wildman–Crippen LogP) is 0.00532. The summed E-state index contributed by atoms with van der Waals surface area (Å²) in [5.74, 6) is 1.74. The minimum Gasteiger partial charge on any atom is -0.377 e. The fourth-order valence-electron chi connectivity index (χ4n) is 2.16. The van der Waals surface area contributed by atoms with Crippen LogP contribution in [0.15, 0.2) is 6.07 Å². The molecule has 2 fully saturated rings. The minimum atomic E-state index is 0.398. The lowest BCUT2D eigenvalue weighted by Gasteiger charge is -2.30. The zero-order chi connectivity index (χ0) is 12.4. The lowest BCUT2D eigenvalue weighted by molar-refractivity contribution is 0.0209. The maximum Gasteiger partial charge on any atom is 0.227 e. The third kappa shape index (κ3) is 2.54. The average Bonchev–Trinajstić information content (AvgIpc) is 2.34. The van der Waals surface area contributed by atoms with Crippen LogP contribution in [0.25, 0.3) is 0 Å². The van der Waals surface area contributed by atoms with Gasteiger partial charge in [0.25, 0.3) is 0 Å². The molecule has 1 aromatic heterocycles. The van der Waals surface area contributed by atoms with Crippen molar-refractivity contribution in [1.82, 2.24) is 15.3 Å². The number of nitrogens with one attached hydrogen (secondary N) is 2. The highest BCUT2D eigenvalue weighted by Crippen LogP contribution is 2.16. The van der Waals surface area contributed by atoms with Crippen LogP contribution in [0.5, 0.6) is 0 Å². The molecular weight excluding hydrogens is 230 g/mol. The topological polar surface area (TPSA) is 62.3 Å². The standard InChI is InChI=1S/C12H19N5O/c1-9-6-11(15-10-7-18-8-10)16-12(14-9)17-4-2-13-3-5-17/h6,10,13H,2-5,7-8H2,1H3,(H,14,15,16). The van der Waals surface area contributed by atoms with E-state index in [-0.39, 0.29) is 0 Å². The number of aromatic nitrogens is 2. The smallest absolute Gasteiger partial charge is 0.227 e. The van der Waals surface area contributed by atoms with Crippen LogP contribution < -0.4 is 15.5 Å². The van der Waals surface area contributed by atoms with Gasteiger partial charge in [0.05, 0.1) is 19.3 Å². The van der Waals surface area contributed by atoms with Crippen molar-refractivity contribution >= 4 is 11.8 Å². The molecule has 0 radical (unpaired) electrons. The molecule has 0 bridgehead atoms. The number of rotatable bonds is 3. The van der Waals surface area contributed by atoms with E-state index in [0.717, 1.165) is 56.9 Å². The number of ether oxygens (including phenoxy) is 1. The summed E-state index contributed by atoms with van der Waals surface area (Å²) in [5.41, 5.74) is 1.00. The number of aryl methyl sites for hydroxylation is 1. The van der Waals surface area contributed by atoms with Gasteiger partial charge in [-0.05, 0) is 6.92 Å². The first-order chi connectivity index (χ1) is 8.81. The maximum atomic E-state index is 5.16. The van der Waals surface area contributed by atoms with Gasteiger partial charge in [-0.3, -0.25) is 0 Å². The molecule has 6 nitrogen and oxygen atoms in total. The number of anilines is 2. The van der Waals surface area contributed by atoms with E-state index in [0.29, 0.717) is 6.04 Å². The van der Waals surface area contributed by atoms with E-state index in [4.69, 9.17) is 4.74 Å². The molecule has 1 aromatic rings. The quantitative estimate of drug-likeness (QED) is 0.786. The highest BCUT2D eigenvalue weighted by atomic mass is 16.5. The van der Waals surface area contributed by atoms with Crippen LogP contribution in [0.4, 0.5) is 11.8 Å². The Hall–Kier alpha value is -1.40. The van der Waals surface area contributed by atoms with Crippen LogP contribution in [0.3, 0.4) is 0 Å². The van der Waals surface area contributed by atoms with Crippen molar-refractivity contribution in [2.45, 2.75) is 13.0 Å². The first-order valence-electron chi connectivity index (χ1n) is 6.47. The molecule has 18 heavy (non-hydrogen) atoms. The molecule has 6 heteroatoms. The molecule has 0 amide bonds. The summed E-state index contributed by atoms with van der Waals surface area (Å²) >= 11 is 0. The van der Waals surface area contributed by atoms with E-state index in [1.54, 1.807) is 0 Å². The van der Waals surface area contributed by atoms with E-state index in [9.17, 15) is 0 Å². The van der Waals surface area contributed by atoms with Gasteiger partial charge in [0, 0.05) is 37.9 Å². The molecule has 2 saturated heterocycles. The Balaban J connectivity index is 1.75. The summed E-state index contributed by atoms with van der Waals surface area (Å²) in [6.07, 6.45) is 0. The number of hydrogen-bond acceptors (Lipinski definition) is 6. The number of hydrogen-bond donors (Lipinski definition) is 2. The van der Waals surface area contributed by atoms with E-state index in [1.165, 1.54) is 0 Å². The molecule has 0 spiro atoms. The van der Waals surface area contributed by atoms with E-state index in [2.05, 4.69) is 25.5 Å². The van der Waals surface area contributed by atoms with Gasteiger partial charge >= 0.3 is 0 Å². The van der Waals surface area contributed by atoms with Gasteiger partial charge in [-0.15, -0.1) is 0 Å². The zero-order valence-corrected chi connectivity index (χ0v) is 10.6. The van der Waals surface area contributed by atoms with Gasteiger partial charge in [-0.2, -0.15) is 4.98 Å². The highest BCUT2D eigenvalue weighted by Gasteiger charge is 2.20. The van der Waals surface area contributed by atoms with Crippen LogP contribution in [-0.4, -0.2) is 55.4 Å². The van der Waals surface area contributed by atoms with Crippen LogP contribution in [0, 0.1) is 6.92 Å².